The van der Waals surface area contributed by atoms with Crippen LogP contribution < -0.4 is 5.32 Å². The molecule has 2 heterocycles. The van der Waals surface area contributed by atoms with Crippen molar-refractivity contribution >= 4 is 22.8 Å². The summed E-state index contributed by atoms with van der Waals surface area (Å²) in [7, 11) is 1.79. The average Bonchev–Trinajstić information content (AvgIpc) is 2.71. The molecule has 2 aromatic heterocycles. The lowest BCUT2D eigenvalue weighted by Gasteiger charge is -2.18. The van der Waals surface area contributed by atoms with Crippen LogP contribution in [0.4, 0.5) is 5.82 Å². The molecule has 0 radical (unpaired) electrons. The van der Waals surface area contributed by atoms with Crippen LogP contribution in [0.2, 0.25) is 0 Å². The van der Waals surface area contributed by atoms with Crippen LogP contribution in [0.5, 0.6) is 0 Å². The number of aromatic nitrogens is 4. The van der Waals surface area contributed by atoms with E-state index in [1.807, 2.05) is 6.92 Å². The molecule has 0 bridgehead atoms. The van der Waals surface area contributed by atoms with E-state index in [2.05, 4.69) is 20.4 Å². The van der Waals surface area contributed by atoms with Crippen molar-refractivity contribution in [2.75, 3.05) is 5.32 Å². The van der Waals surface area contributed by atoms with Crippen LogP contribution in [-0.2, 0) is 11.8 Å². The summed E-state index contributed by atoms with van der Waals surface area (Å²) in [6.07, 6.45) is 3.10. The fourth-order valence-corrected chi connectivity index (χ4v) is 1.63. The first-order valence-corrected chi connectivity index (χ1v) is 5.62. The average molecular weight is 249 g/mol. The molecule has 2 atom stereocenters. The molecule has 0 saturated heterocycles. The smallest absolute Gasteiger partial charge is 0.308 e. The number of carboxylic acids is 1. The van der Waals surface area contributed by atoms with Crippen molar-refractivity contribution < 1.29 is 9.90 Å². The molecule has 7 heteroatoms. The summed E-state index contributed by atoms with van der Waals surface area (Å²) in [5.74, 6) is -0.744. The molecule has 0 aromatic carbocycles. The summed E-state index contributed by atoms with van der Waals surface area (Å²) in [5, 5.41) is 16.9. The van der Waals surface area contributed by atoms with Crippen molar-refractivity contribution in [1.29, 1.82) is 0 Å². The Labute approximate surface area is 104 Å². The van der Waals surface area contributed by atoms with Gasteiger partial charge in [0.15, 0.2) is 5.65 Å². The number of rotatable bonds is 4. The third-order valence-corrected chi connectivity index (χ3v) is 3.03. The zero-order valence-corrected chi connectivity index (χ0v) is 10.5. The van der Waals surface area contributed by atoms with Gasteiger partial charge in [0, 0.05) is 13.1 Å². The third kappa shape index (κ3) is 2.11. The zero-order chi connectivity index (χ0) is 13.3. The Morgan fingerprint density at radius 1 is 1.44 bits per heavy atom. The summed E-state index contributed by atoms with van der Waals surface area (Å²) in [6.45, 7) is 3.46. The quantitative estimate of drug-likeness (QED) is 0.835. The number of carbonyl (C=O) groups is 1. The van der Waals surface area contributed by atoms with Gasteiger partial charge in [-0.25, -0.2) is 9.97 Å². The van der Waals surface area contributed by atoms with Gasteiger partial charge in [-0.3, -0.25) is 9.48 Å². The summed E-state index contributed by atoms with van der Waals surface area (Å²) >= 11 is 0. The van der Waals surface area contributed by atoms with Crippen LogP contribution in [0.3, 0.4) is 0 Å². The topological polar surface area (TPSA) is 92.9 Å². The van der Waals surface area contributed by atoms with Gasteiger partial charge in [0.2, 0.25) is 0 Å². The van der Waals surface area contributed by atoms with Gasteiger partial charge in [0.05, 0.1) is 17.5 Å². The van der Waals surface area contributed by atoms with Gasteiger partial charge in [-0.2, -0.15) is 5.10 Å². The van der Waals surface area contributed by atoms with Gasteiger partial charge in [0.1, 0.15) is 12.1 Å². The van der Waals surface area contributed by atoms with Crippen molar-refractivity contribution in [2.45, 2.75) is 19.9 Å². The standard InChI is InChI=1S/C11H15N5O2/c1-6(11(17)18)7(2)15-9-8-4-14-16(3)10(8)13-5-12-9/h4-7H,1-3H3,(H,17,18)(H,12,13,15). The highest BCUT2D eigenvalue weighted by Gasteiger charge is 2.20. The predicted molar refractivity (Wildman–Crippen MR) is 66.2 cm³/mol. The fourth-order valence-electron chi connectivity index (χ4n) is 1.63. The Balaban J connectivity index is 2.29. The number of hydrogen-bond acceptors (Lipinski definition) is 5. The summed E-state index contributed by atoms with van der Waals surface area (Å²) in [5.41, 5.74) is 0.711. The molecule has 0 aliphatic heterocycles. The molecule has 0 spiro atoms. The van der Waals surface area contributed by atoms with Crippen LogP contribution >= 0.6 is 0 Å². The SMILES string of the molecule is CC(Nc1ncnc2c1cnn2C)C(C)C(=O)O. The lowest BCUT2D eigenvalue weighted by atomic mass is 10.0. The first-order chi connectivity index (χ1) is 8.50. The van der Waals surface area contributed by atoms with Gasteiger partial charge in [-0.05, 0) is 13.8 Å². The maximum Gasteiger partial charge on any atom is 0.308 e. The number of aliphatic carboxylic acids is 1. The third-order valence-electron chi connectivity index (χ3n) is 3.03. The minimum Gasteiger partial charge on any atom is -0.481 e. The van der Waals surface area contributed by atoms with Gasteiger partial charge in [-0.1, -0.05) is 0 Å². The number of nitrogens with zero attached hydrogens (tertiary/aromatic N) is 4. The highest BCUT2D eigenvalue weighted by atomic mass is 16.4. The molecule has 0 amide bonds. The molecular weight excluding hydrogens is 234 g/mol. The number of hydrogen-bond donors (Lipinski definition) is 2. The van der Waals surface area contributed by atoms with Crippen LogP contribution in [0, 0.1) is 5.92 Å². The minimum absolute atomic E-state index is 0.235. The van der Waals surface area contributed by atoms with Crippen molar-refractivity contribution in [3.05, 3.63) is 12.5 Å². The van der Waals surface area contributed by atoms with Crippen molar-refractivity contribution in [2.24, 2.45) is 13.0 Å². The molecule has 2 aromatic rings. The molecule has 2 rings (SSSR count). The number of fused-ring (bicyclic) bond motifs is 1. The zero-order valence-electron chi connectivity index (χ0n) is 10.5. The Kier molecular flexibility index (Phi) is 3.14. The van der Waals surface area contributed by atoms with Gasteiger partial charge < -0.3 is 10.4 Å². The van der Waals surface area contributed by atoms with E-state index >= 15 is 0 Å². The number of carboxylic acid groups (broad SMARTS) is 1. The molecular formula is C11H15N5O2. The normalized spacial score (nSPS) is 14.4. The van der Waals surface area contributed by atoms with E-state index < -0.39 is 11.9 Å². The lowest BCUT2D eigenvalue weighted by Crippen LogP contribution is -2.30. The van der Waals surface area contributed by atoms with Crippen molar-refractivity contribution in [3.8, 4) is 0 Å². The molecule has 2 unspecified atom stereocenters. The Bertz CT molecular complexity index is 580. The molecule has 2 N–H and O–H groups in total. The van der Waals surface area contributed by atoms with E-state index in [-0.39, 0.29) is 6.04 Å². The maximum absolute atomic E-state index is 10.9. The molecule has 96 valence electrons. The summed E-state index contributed by atoms with van der Waals surface area (Å²) < 4.78 is 1.65. The van der Waals surface area contributed by atoms with E-state index in [9.17, 15) is 4.79 Å². The summed E-state index contributed by atoms with van der Waals surface area (Å²) in [4.78, 5) is 19.2. The van der Waals surface area contributed by atoms with E-state index in [1.165, 1.54) is 6.33 Å². The first kappa shape index (κ1) is 12.3. The van der Waals surface area contributed by atoms with Crippen molar-refractivity contribution in [3.63, 3.8) is 0 Å². The van der Waals surface area contributed by atoms with E-state index in [0.29, 0.717) is 11.5 Å². The van der Waals surface area contributed by atoms with Gasteiger partial charge >= 0.3 is 5.97 Å². The van der Waals surface area contributed by atoms with E-state index in [1.54, 1.807) is 24.9 Å². The van der Waals surface area contributed by atoms with Crippen LogP contribution in [0.25, 0.3) is 11.0 Å². The maximum atomic E-state index is 10.9. The highest BCUT2D eigenvalue weighted by molar-refractivity contribution is 5.86. The molecule has 0 aliphatic rings. The second-order valence-electron chi connectivity index (χ2n) is 4.29. The number of nitrogens with one attached hydrogen (secondary N) is 1. The predicted octanol–water partition coefficient (Wildman–Crippen LogP) is 0.884. The minimum atomic E-state index is -0.841. The van der Waals surface area contributed by atoms with Crippen LogP contribution in [-0.4, -0.2) is 36.9 Å². The Hall–Kier alpha value is -2.18. The Morgan fingerprint density at radius 3 is 2.83 bits per heavy atom. The van der Waals surface area contributed by atoms with E-state index in [4.69, 9.17) is 5.11 Å². The number of aryl methyl sites for hydroxylation is 1. The first-order valence-electron chi connectivity index (χ1n) is 5.62. The monoisotopic (exact) mass is 249 g/mol. The highest BCUT2D eigenvalue weighted by Crippen LogP contribution is 2.20. The van der Waals surface area contributed by atoms with Crippen molar-refractivity contribution in [1.82, 2.24) is 19.7 Å². The van der Waals surface area contributed by atoms with E-state index in [0.717, 1.165) is 5.39 Å². The lowest BCUT2D eigenvalue weighted by molar-refractivity contribution is -0.141. The molecule has 0 fully saturated rings. The molecule has 18 heavy (non-hydrogen) atoms. The molecule has 0 saturated carbocycles. The molecule has 0 aliphatic carbocycles. The second-order valence-corrected chi connectivity index (χ2v) is 4.29. The van der Waals surface area contributed by atoms with Crippen LogP contribution in [0.15, 0.2) is 12.5 Å². The van der Waals surface area contributed by atoms with Gasteiger partial charge in [0.25, 0.3) is 0 Å². The second kappa shape index (κ2) is 4.59. The van der Waals surface area contributed by atoms with Crippen LogP contribution in [0.1, 0.15) is 13.8 Å². The Morgan fingerprint density at radius 2 is 2.17 bits per heavy atom. The largest absolute Gasteiger partial charge is 0.481 e. The van der Waals surface area contributed by atoms with Gasteiger partial charge in [-0.15, -0.1) is 0 Å². The number of anilines is 1. The fraction of sp³-hybridized carbons (Fsp3) is 0.455. The summed E-state index contributed by atoms with van der Waals surface area (Å²) in [6, 6.07) is -0.235. The molecule has 7 nitrogen and oxygen atoms in total.